The number of rotatable bonds is 7. The first-order chi connectivity index (χ1) is 13.6. The van der Waals surface area contributed by atoms with Crippen LogP contribution >= 0.6 is 0 Å². The minimum Gasteiger partial charge on any atom is -0.352 e. The van der Waals surface area contributed by atoms with Gasteiger partial charge in [-0.1, -0.05) is 42.8 Å². The maximum Gasteiger partial charge on any atom is 0.224 e. The van der Waals surface area contributed by atoms with Gasteiger partial charge in [-0.25, -0.2) is 0 Å². The van der Waals surface area contributed by atoms with Gasteiger partial charge in [0.2, 0.25) is 11.8 Å². The van der Waals surface area contributed by atoms with E-state index in [-0.39, 0.29) is 11.8 Å². The maximum atomic E-state index is 12.2. The predicted octanol–water partition coefficient (Wildman–Crippen LogP) is 3.49. The van der Waals surface area contributed by atoms with Gasteiger partial charge in [-0.15, -0.1) is 0 Å². The largest absolute Gasteiger partial charge is 0.352 e. The number of nitrogens with one attached hydrogen (secondary N) is 2. The third-order valence-electron chi connectivity index (χ3n) is 5.01. The number of hydrogen-bond acceptors (Lipinski definition) is 3. The second kappa shape index (κ2) is 10.0. The Morgan fingerprint density at radius 1 is 0.857 bits per heavy atom. The average Bonchev–Trinajstić information content (AvgIpc) is 2.69. The van der Waals surface area contributed by atoms with Crippen molar-refractivity contribution >= 4 is 17.5 Å². The van der Waals surface area contributed by atoms with Crippen molar-refractivity contribution in [3.05, 3.63) is 65.2 Å². The average molecular weight is 380 g/mol. The fourth-order valence-electron chi connectivity index (χ4n) is 3.50. The van der Waals surface area contributed by atoms with E-state index >= 15 is 0 Å². The summed E-state index contributed by atoms with van der Waals surface area (Å²) in [5, 5.41) is 5.70. The fourth-order valence-corrected chi connectivity index (χ4v) is 3.50. The lowest BCUT2D eigenvalue weighted by molar-refractivity contribution is -0.120. The number of amides is 2. The number of nitrogens with zero attached hydrogens (tertiary/aromatic N) is 1. The van der Waals surface area contributed by atoms with Crippen LogP contribution in [0.1, 0.15) is 42.9 Å². The lowest BCUT2D eigenvalue weighted by Crippen LogP contribution is -2.29. The summed E-state index contributed by atoms with van der Waals surface area (Å²) in [5.74, 6) is -0.114. The molecule has 0 unspecified atom stereocenters. The van der Waals surface area contributed by atoms with E-state index in [0.717, 1.165) is 23.4 Å². The van der Waals surface area contributed by atoms with E-state index in [1.807, 2.05) is 24.3 Å². The summed E-state index contributed by atoms with van der Waals surface area (Å²) in [7, 11) is 0. The van der Waals surface area contributed by atoms with Crippen molar-refractivity contribution in [3.8, 4) is 0 Å². The van der Waals surface area contributed by atoms with E-state index in [4.69, 9.17) is 0 Å². The number of carbonyl (C=O) groups excluding carboxylic acids is 2. The van der Waals surface area contributed by atoms with Crippen molar-refractivity contribution in [1.82, 2.24) is 10.2 Å². The van der Waals surface area contributed by atoms with Crippen LogP contribution in [-0.2, 0) is 29.1 Å². The topological polar surface area (TPSA) is 61.4 Å². The first kappa shape index (κ1) is 20.1. The molecule has 0 aromatic heterocycles. The van der Waals surface area contributed by atoms with Crippen LogP contribution in [0.2, 0.25) is 0 Å². The van der Waals surface area contributed by atoms with Crippen LogP contribution in [0, 0.1) is 0 Å². The summed E-state index contributed by atoms with van der Waals surface area (Å²) in [6.45, 7) is 5.42. The molecule has 1 heterocycles. The zero-order valence-corrected chi connectivity index (χ0v) is 16.5. The van der Waals surface area contributed by atoms with Crippen LogP contribution in [0.3, 0.4) is 0 Å². The first-order valence-electron chi connectivity index (χ1n) is 10.0. The van der Waals surface area contributed by atoms with Gasteiger partial charge < -0.3 is 10.6 Å². The van der Waals surface area contributed by atoms with Crippen molar-refractivity contribution in [3.63, 3.8) is 0 Å². The van der Waals surface area contributed by atoms with Gasteiger partial charge >= 0.3 is 0 Å². The second-order valence-corrected chi connectivity index (χ2v) is 7.48. The molecule has 1 saturated heterocycles. The van der Waals surface area contributed by atoms with Crippen molar-refractivity contribution < 1.29 is 9.59 Å². The molecule has 0 saturated carbocycles. The maximum absolute atomic E-state index is 12.2. The first-order valence-corrected chi connectivity index (χ1v) is 10.0. The van der Waals surface area contributed by atoms with E-state index in [1.165, 1.54) is 44.8 Å². The van der Waals surface area contributed by atoms with Gasteiger partial charge in [0.25, 0.3) is 0 Å². The number of anilines is 1. The smallest absolute Gasteiger partial charge is 0.224 e. The van der Waals surface area contributed by atoms with E-state index in [9.17, 15) is 9.59 Å². The Bertz CT molecular complexity index is 778. The summed E-state index contributed by atoms with van der Waals surface area (Å²) < 4.78 is 0. The van der Waals surface area contributed by atoms with Crippen LogP contribution in [-0.4, -0.2) is 29.8 Å². The molecule has 2 aromatic rings. The summed E-state index contributed by atoms with van der Waals surface area (Å²) in [5.41, 5.74) is 4.10. The molecule has 0 atom stereocenters. The van der Waals surface area contributed by atoms with Gasteiger partial charge in [-0.05, 0) is 54.8 Å². The quantitative estimate of drug-likeness (QED) is 0.774. The molecule has 148 valence electrons. The number of likely N-dealkylation sites (tertiary alicyclic amines) is 1. The molecular weight excluding hydrogens is 350 g/mol. The number of piperidine rings is 1. The molecule has 2 N–H and O–H groups in total. The molecule has 1 fully saturated rings. The summed E-state index contributed by atoms with van der Waals surface area (Å²) >= 11 is 0. The zero-order chi connectivity index (χ0) is 19.8. The SMILES string of the molecule is CC(=O)Nc1ccc(CC(=O)NCc2ccc(CN3CCCCC3)cc2)cc1. The Morgan fingerprint density at radius 2 is 1.46 bits per heavy atom. The third kappa shape index (κ3) is 6.50. The van der Waals surface area contributed by atoms with Gasteiger partial charge in [0.05, 0.1) is 6.42 Å². The zero-order valence-electron chi connectivity index (χ0n) is 16.5. The molecule has 5 nitrogen and oxygen atoms in total. The highest BCUT2D eigenvalue weighted by Gasteiger charge is 2.10. The van der Waals surface area contributed by atoms with Crippen LogP contribution < -0.4 is 10.6 Å². The molecule has 3 rings (SSSR count). The van der Waals surface area contributed by atoms with Crippen LogP contribution in [0.5, 0.6) is 0 Å². The minimum absolute atomic E-state index is 0.00956. The molecule has 1 aliphatic rings. The van der Waals surface area contributed by atoms with Gasteiger partial charge in [0.15, 0.2) is 0 Å². The molecule has 2 amide bonds. The molecule has 5 heteroatoms. The van der Waals surface area contributed by atoms with Crippen molar-refractivity contribution in [2.24, 2.45) is 0 Å². The lowest BCUT2D eigenvalue weighted by Gasteiger charge is -2.26. The van der Waals surface area contributed by atoms with Gasteiger partial charge in [0.1, 0.15) is 0 Å². The van der Waals surface area contributed by atoms with Crippen LogP contribution in [0.15, 0.2) is 48.5 Å². The third-order valence-corrected chi connectivity index (χ3v) is 5.01. The Hall–Kier alpha value is -2.66. The number of carbonyl (C=O) groups is 2. The van der Waals surface area contributed by atoms with Gasteiger partial charge in [-0.2, -0.15) is 0 Å². The van der Waals surface area contributed by atoms with Crippen molar-refractivity contribution in [2.45, 2.75) is 45.7 Å². The summed E-state index contributed by atoms with van der Waals surface area (Å²) in [6, 6.07) is 15.9. The Kier molecular flexibility index (Phi) is 7.20. The predicted molar refractivity (Wildman–Crippen MR) is 112 cm³/mol. The molecule has 0 aliphatic carbocycles. The highest BCUT2D eigenvalue weighted by molar-refractivity contribution is 5.88. The monoisotopic (exact) mass is 379 g/mol. The Labute approximate surface area is 167 Å². The number of hydrogen-bond donors (Lipinski definition) is 2. The highest BCUT2D eigenvalue weighted by Crippen LogP contribution is 2.14. The molecular formula is C23H29N3O2. The van der Waals surface area contributed by atoms with Crippen LogP contribution in [0.4, 0.5) is 5.69 Å². The molecule has 0 bridgehead atoms. The van der Waals surface area contributed by atoms with E-state index in [2.05, 4.69) is 39.8 Å². The molecule has 2 aromatic carbocycles. The summed E-state index contributed by atoms with van der Waals surface area (Å²) in [6.07, 6.45) is 4.29. The number of benzene rings is 2. The Balaban J connectivity index is 1.43. The van der Waals surface area contributed by atoms with Crippen molar-refractivity contribution in [2.75, 3.05) is 18.4 Å². The second-order valence-electron chi connectivity index (χ2n) is 7.48. The van der Waals surface area contributed by atoms with Gasteiger partial charge in [-0.3, -0.25) is 14.5 Å². The normalized spacial score (nSPS) is 14.5. The van der Waals surface area contributed by atoms with E-state index < -0.39 is 0 Å². The van der Waals surface area contributed by atoms with E-state index in [0.29, 0.717) is 13.0 Å². The molecule has 0 radical (unpaired) electrons. The van der Waals surface area contributed by atoms with E-state index in [1.54, 1.807) is 0 Å². The molecule has 1 aliphatic heterocycles. The molecule has 28 heavy (non-hydrogen) atoms. The summed E-state index contributed by atoms with van der Waals surface area (Å²) in [4.78, 5) is 25.7. The van der Waals surface area contributed by atoms with Crippen molar-refractivity contribution in [1.29, 1.82) is 0 Å². The fraction of sp³-hybridized carbons (Fsp3) is 0.391. The van der Waals surface area contributed by atoms with Gasteiger partial charge in [0, 0.05) is 25.7 Å². The highest BCUT2D eigenvalue weighted by atomic mass is 16.2. The Morgan fingerprint density at radius 3 is 2.11 bits per heavy atom. The lowest BCUT2D eigenvalue weighted by atomic mass is 10.1. The van der Waals surface area contributed by atoms with Crippen LogP contribution in [0.25, 0.3) is 0 Å². The standard InChI is InChI=1S/C23H29N3O2/c1-18(27)25-22-11-9-19(10-12-22)15-23(28)24-16-20-5-7-21(8-6-20)17-26-13-3-2-4-14-26/h5-12H,2-4,13-17H2,1H3,(H,24,28)(H,25,27). The minimum atomic E-state index is -0.104. The molecule has 0 spiro atoms.